The summed E-state index contributed by atoms with van der Waals surface area (Å²) in [5, 5.41) is 35.1. The van der Waals surface area contributed by atoms with Crippen LogP contribution in [0.25, 0.3) is 0 Å². The third-order valence-electron chi connectivity index (χ3n) is 4.57. The van der Waals surface area contributed by atoms with E-state index in [0.29, 0.717) is 22.5 Å². The lowest BCUT2D eigenvalue weighted by Gasteiger charge is -2.18. The van der Waals surface area contributed by atoms with E-state index in [-0.39, 0.29) is 17.1 Å². The fourth-order valence-electron chi connectivity index (χ4n) is 2.66. The first-order chi connectivity index (χ1) is 14.4. The van der Waals surface area contributed by atoms with E-state index in [1.54, 1.807) is 20.1 Å². The Kier molecular flexibility index (Phi) is 6.70. The Morgan fingerprint density at radius 2 is 2.17 bits per heavy atom. The lowest BCUT2D eigenvalue weighted by molar-refractivity contribution is 0.0913. The van der Waals surface area contributed by atoms with Crippen LogP contribution in [0, 0.1) is 5.41 Å². The number of aliphatic hydroxyl groups excluding tert-OH is 1. The number of aromatic nitrogens is 2. The highest BCUT2D eigenvalue weighted by Crippen LogP contribution is 2.39. The van der Waals surface area contributed by atoms with Gasteiger partial charge in [-0.15, -0.1) is 10.2 Å². The number of methoxy groups -OCH3 is 2. The monoisotopic (exact) mass is 436 g/mol. The molecule has 2 aromatic rings. The summed E-state index contributed by atoms with van der Waals surface area (Å²) in [6.07, 6.45) is 3.25. The number of allylic oxidation sites excluding steroid dienone is 2. The van der Waals surface area contributed by atoms with Gasteiger partial charge in [-0.2, -0.15) is 0 Å². The summed E-state index contributed by atoms with van der Waals surface area (Å²) >= 11 is 1.15. The predicted molar refractivity (Wildman–Crippen MR) is 114 cm³/mol. The Labute approximate surface area is 176 Å². The van der Waals surface area contributed by atoms with E-state index in [4.69, 9.17) is 19.3 Å². The van der Waals surface area contributed by atoms with Crippen molar-refractivity contribution in [1.29, 1.82) is 5.41 Å². The van der Waals surface area contributed by atoms with Gasteiger partial charge in [0, 0.05) is 31.6 Å². The van der Waals surface area contributed by atoms with Crippen molar-refractivity contribution in [2.75, 3.05) is 36.7 Å². The topological polar surface area (TPSA) is 155 Å². The van der Waals surface area contributed by atoms with Gasteiger partial charge in [-0.1, -0.05) is 11.3 Å². The van der Waals surface area contributed by atoms with E-state index < -0.39 is 11.9 Å². The normalized spacial score (nSPS) is 15.9. The minimum absolute atomic E-state index is 0.00449. The first-order valence-electron chi connectivity index (χ1n) is 9.13. The standard InChI is InChI=1S/C18H24N6O5S/c1-10(4-7-19)21-16-23-24-17(30-16)22-14(25)12-8-11(13(27-2)15(26)29-12)20-9-18(28-3)5-6-18/h4,7-8,14,19-20,25H,5-6,9H2,1-3H3,(H,21,23)(H,22,24)/b10-4-,19-7?. The second-order valence-corrected chi connectivity index (χ2v) is 7.70. The van der Waals surface area contributed by atoms with Crippen LogP contribution in [0.1, 0.15) is 31.8 Å². The van der Waals surface area contributed by atoms with Crippen LogP contribution in [0.2, 0.25) is 0 Å². The van der Waals surface area contributed by atoms with Crippen LogP contribution in [0.5, 0.6) is 5.75 Å². The molecule has 1 aliphatic carbocycles. The third-order valence-corrected chi connectivity index (χ3v) is 5.34. The highest BCUT2D eigenvalue weighted by molar-refractivity contribution is 7.19. The van der Waals surface area contributed by atoms with Gasteiger partial charge in [-0.25, -0.2) is 4.79 Å². The Balaban J connectivity index is 1.73. The molecule has 0 bridgehead atoms. The molecule has 1 aliphatic rings. The van der Waals surface area contributed by atoms with Gasteiger partial charge in [0.25, 0.3) is 0 Å². The lowest BCUT2D eigenvalue weighted by atomic mass is 10.2. The number of hydrogen-bond donors (Lipinski definition) is 5. The maximum atomic E-state index is 12.3. The molecule has 1 atom stereocenters. The van der Waals surface area contributed by atoms with Crippen molar-refractivity contribution in [3.05, 3.63) is 34.0 Å². The highest BCUT2D eigenvalue weighted by Gasteiger charge is 2.43. The maximum Gasteiger partial charge on any atom is 0.381 e. The number of anilines is 3. The molecule has 3 rings (SSSR count). The zero-order chi connectivity index (χ0) is 21.7. The number of nitrogens with one attached hydrogen (secondary N) is 4. The summed E-state index contributed by atoms with van der Waals surface area (Å²) in [5.41, 5.74) is 0.167. The summed E-state index contributed by atoms with van der Waals surface area (Å²) in [6.45, 7) is 2.28. The average Bonchev–Trinajstić information content (AvgIpc) is 3.38. The van der Waals surface area contributed by atoms with E-state index in [0.717, 1.165) is 36.1 Å². The molecule has 0 spiro atoms. The lowest BCUT2D eigenvalue weighted by Crippen LogP contribution is -2.25. The van der Waals surface area contributed by atoms with Crippen molar-refractivity contribution in [3.63, 3.8) is 0 Å². The van der Waals surface area contributed by atoms with Gasteiger partial charge in [0.15, 0.2) is 12.0 Å². The zero-order valence-corrected chi connectivity index (χ0v) is 17.6. The Morgan fingerprint density at radius 1 is 1.43 bits per heavy atom. The fraction of sp³-hybridized carbons (Fsp3) is 0.444. The number of hydrogen-bond acceptors (Lipinski definition) is 12. The van der Waals surface area contributed by atoms with Crippen molar-refractivity contribution in [2.45, 2.75) is 31.6 Å². The van der Waals surface area contributed by atoms with Crippen LogP contribution in [0.4, 0.5) is 16.0 Å². The highest BCUT2D eigenvalue weighted by atomic mass is 32.1. The average molecular weight is 436 g/mol. The predicted octanol–water partition coefficient (Wildman–Crippen LogP) is 2.16. The molecule has 1 fully saturated rings. The third kappa shape index (κ3) is 5.14. The molecule has 1 unspecified atom stereocenters. The van der Waals surface area contributed by atoms with Crippen molar-refractivity contribution in [3.8, 4) is 5.75 Å². The van der Waals surface area contributed by atoms with Crippen molar-refractivity contribution in [1.82, 2.24) is 10.2 Å². The Bertz CT molecular complexity index is 984. The molecule has 2 aromatic heterocycles. The molecule has 30 heavy (non-hydrogen) atoms. The molecule has 1 saturated carbocycles. The van der Waals surface area contributed by atoms with Crippen molar-refractivity contribution < 1.29 is 19.0 Å². The van der Waals surface area contributed by atoms with Crippen molar-refractivity contribution >= 4 is 33.5 Å². The summed E-state index contributed by atoms with van der Waals surface area (Å²) in [6, 6.07) is 1.50. The summed E-state index contributed by atoms with van der Waals surface area (Å²) in [5.74, 6) is 0.0175. The van der Waals surface area contributed by atoms with Crippen LogP contribution in [0.15, 0.2) is 27.1 Å². The maximum absolute atomic E-state index is 12.3. The zero-order valence-electron chi connectivity index (χ0n) is 16.8. The number of rotatable bonds is 11. The number of nitrogens with zero attached hydrogens (tertiary/aromatic N) is 2. The summed E-state index contributed by atoms with van der Waals surface area (Å²) in [7, 11) is 3.03. The number of aliphatic hydroxyl groups is 1. The van der Waals surface area contributed by atoms with Crippen LogP contribution in [0.3, 0.4) is 0 Å². The molecule has 5 N–H and O–H groups in total. The molecular formula is C18H24N6O5S. The van der Waals surface area contributed by atoms with Crippen LogP contribution in [-0.4, -0.2) is 47.9 Å². The first kappa shape index (κ1) is 21.7. The fourth-order valence-corrected chi connectivity index (χ4v) is 3.39. The van der Waals surface area contributed by atoms with Gasteiger partial charge in [-0.05, 0) is 25.8 Å². The van der Waals surface area contributed by atoms with E-state index in [2.05, 4.69) is 26.1 Å². The van der Waals surface area contributed by atoms with E-state index in [1.165, 1.54) is 13.2 Å². The molecule has 0 saturated heterocycles. The Hall–Kier alpha value is -2.96. The molecule has 0 amide bonds. The second-order valence-electron chi connectivity index (χ2n) is 6.72. The van der Waals surface area contributed by atoms with Gasteiger partial charge in [0.2, 0.25) is 16.0 Å². The second kappa shape index (κ2) is 9.24. The largest absolute Gasteiger partial charge is 0.488 e. The Morgan fingerprint density at radius 3 is 2.80 bits per heavy atom. The number of ether oxygens (including phenoxy) is 2. The molecule has 11 nitrogen and oxygen atoms in total. The van der Waals surface area contributed by atoms with Gasteiger partial charge in [-0.3, -0.25) is 0 Å². The van der Waals surface area contributed by atoms with Crippen LogP contribution >= 0.6 is 11.3 Å². The minimum atomic E-state index is -1.33. The van der Waals surface area contributed by atoms with Crippen LogP contribution in [-0.2, 0) is 4.74 Å². The summed E-state index contributed by atoms with van der Waals surface area (Å²) < 4.78 is 15.8. The molecule has 0 aliphatic heterocycles. The molecule has 0 aromatic carbocycles. The summed E-state index contributed by atoms with van der Waals surface area (Å²) in [4.78, 5) is 12.3. The SMILES string of the molecule is COc1c(NCC2(OC)CC2)cc(C(O)Nc2nnc(N/C(C)=C\C=N)s2)oc1=O. The molecule has 0 radical (unpaired) electrons. The van der Waals surface area contributed by atoms with E-state index in [9.17, 15) is 9.90 Å². The van der Waals surface area contributed by atoms with Crippen molar-refractivity contribution in [2.24, 2.45) is 0 Å². The first-order valence-corrected chi connectivity index (χ1v) is 9.95. The van der Waals surface area contributed by atoms with Crippen LogP contribution < -0.4 is 26.3 Å². The van der Waals surface area contributed by atoms with Gasteiger partial charge in [0.1, 0.15) is 0 Å². The van der Waals surface area contributed by atoms with E-state index >= 15 is 0 Å². The molecule has 162 valence electrons. The van der Waals surface area contributed by atoms with Gasteiger partial charge >= 0.3 is 5.63 Å². The smallest absolute Gasteiger partial charge is 0.381 e. The quantitative estimate of drug-likeness (QED) is 0.261. The van der Waals surface area contributed by atoms with Gasteiger partial charge < -0.3 is 40.4 Å². The van der Waals surface area contributed by atoms with E-state index in [1.807, 2.05) is 0 Å². The van der Waals surface area contributed by atoms with Gasteiger partial charge in [0.05, 0.1) is 18.4 Å². The molecule has 12 heteroatoms. The molecule has 2 heterocycles. The molecular weight excluding hydrogens is 412 g/mol. The minimum Gasteiger partial charge on any atom is -0.488 e.